The molecule has 0 atom stereocenters. The van der Waals surface area contributed by atoms with Crippen molar-refractivity contribution in [3.8, 4) is 17.5 Å². The number of phenolic OH excluding ortho intramolecular Hbond substituents is 1. The van der Waals surface area contributed by atoms with Crippen LogP contribution >= 0.6 is 0 Å². The van der Waals surface area contributed by atoms with Crippen molar-refractivity contribution in [3.63, 3.8) is 0 Å². The molecule has 0 aliphatic carbocycles. The van der Waals surface area contributed by atoms with Gasteiger partial charge in [0.2, 0.25) is 11.8 Å². The molecule has 0 radical (unpaired) electrons. The molecule has 0 bridgehead atoms. The van der Waals surface area contributed by atoms with Crippen LogP contribution in [0.15, 0.2) is 47.5 Å². The fraction of sp³-hybridized carbons (Fsp3) is 0.217. The van der Waals surface area contributed by atoms with Gasteiger partial charge in [0.05, 0.1) is 11.3 Å². The number of nitrogens with one attached hydrogen (secondary N) is 2. The molecule has 3 aromatic rings. The van der Waals surface area contributed by atoms with Gasteiger partial charge < -0.3 is 25.5 Å². The van der Waals surface area contributed by atoms with E-state index in [1.165, 1.54) is 11.0 Å². The Labute approximate surface area is 180 Å². The molecule has 8 heteroatoms. The zero-order valence-electron chi connectivity index (χ0n) is 17.9. The van der Waals surface area contributed by atoms with Gasteiger partial charge in [0, 0.05) is 19.8 Å². The lowest BCUT2D eigenvalue weighted by molar-refractivity contribution is 0.0824. The van der Waals surface area contributed by atoms with Gasteiger partial charge in [-0.05, 0) is 30.5 Å². The molecule has 0 fully saturated rings. The molecule has 5 N–H and O–H groups in total. The highest BCUT2D eigenvalue weighted by Gasteiger charge is 2.23. The molecule has 0 aliphatic heterocycles. The molecule has 0 spiro atoms. The van der Waals surface area contributed by atoms with E-state index in [1.54, 1.807) is 27.1 Å². The quantitative estimate of drug-likeness (QED) is 0.297. The first-order valence-corrected chi connectivity index (χ1v) is 9.82. The Balaban J connectivity index is 2.10. The number of aromatic amines is 1. The van der Waals surface area contributed by atoms with E-state index in [0.29, 0.717) is 17.7 Å². The Morgan fingerprint density at radius 3 is 2.32 bits per heavy atom. The molecule has 0 aliphatic rings. The third kappa shape index (κ3) is 4.32. The van der Waals surface area contributed by atoms with E-state index in [0.717, 1.165) is 5.56 Å². The smallest absolute Gasteiger partial charge is 0.257 e. The third-order valence-electron chi connectivity index (χ3n) is 4.90. The maximum atomic E-state index is 12.4. The van der Waals surface area contributed by atoms with Gasteiger partial charge in [-0.1, -0.05) is 43.3 Å². The van der Waals surface area contributed by atoms with Gasteiger partial charge in [-0.3, -0.25) is 9.78 Å². The Morgan fingerprint density at radius 1 is 1.03 bits per heavy atom. The third-order valence-corrected chi connectivity index (χ3v) is 4.90. The first-order valence-electron chi connectivity index (χ1n) is 9.82. The van der Waals surface area contributed by atoms with Crippen molar-refractivity contribution < 1.29 is 20.1 Å². The minimum atomic E-state index is -0.364. The lowest BCUT2D eigenvalue weighted by Gasteiger charge is -2.17. The fourth-order valence-corrected chi connectivity index (χ4v) is 3.19. The normalized spacial score (nSPS) is 11.4. The van der Waals surface area contributed by atoms with Gasteiger partial charge in [-0.15, -0.1) is 0 Å². The van der Waals surface area contributed by atoms with E-state index >= 15 is 0 Å². The van der Waals surface area contributed by atoms with Crippen molar-refractivity contribution >= 4 is 28.7 Å². The Kier molecular flexibility index (Phi) is 6.20. The second-order valence-corrected chi connectivity index (χ2v) is 7.30. The van der Waals surface area contributed by atoms with Gasteiger partial charge in [-0.25, -0.2) is 4.99 Å². The zero-order chi connectivity index (χ0) is 22.7. The second kappa shape index (κ2) is 8.83. The highest BCUT2D eigenvalue weighted by molar-refractivity contribution is 6.04. The molecule has 1 aromatic heterocycles. The Morgan fingerprint density at radius 2 is 1.71 bits per heavy atom. The number of aromatic nitrogens is 1. The molecule has 0 saturated heterocycles. The van der Waals surface area contributed by atoms with E-state index in [1.807, 2.05) is 37.3 Å². The van der Waals surface area contributed by atoms with Crippen LogP contribution < -0.4 is 5.32 Å². The number of amides is 1. The average molecular weight is 422 g/mol. The topological polar surface area (TPSA) is 121 Å². The molecular weight excluding hydrogens is 396 g/mol. The predicted octanol–water partition coefficient (Wildman–Crippen LogP) is 4.42. The number of phenols is 1. The van der Waals surface area contributed by atoms with Gasteiger partial charge in [0.25, 0.3) is 5.91 Å². The van der Waals surface area contributed by atoms with Gasteiger partial charge in [0.15, 0.2) is 11.4 Å². The highest BCUT2D eigenvalue weighted by atomic mass is 16.3. The number of aliphatic imine (C=N–C) groups is 1. The molecule has 1 heterocycles. The largest absolute Gasteiger partial charge is 0.505 e. The predicted molar refractivity (Wildman–Crippen MR) is 121 cm³/mol. The number of hydrogen-bond donors (Lipinski definition) is 5. The van der Waals surface area contributed by atoms with Crippen molar-refractivity contribution in [3.05, 3.63) is 59.2 Å². The molecular formula is C23H26N4O4. The van der Waals surface area contributed by atoms with Crippen LogP contribution in [0.2, 0.25) is 0 Å². The summed E-state index contributed by atoms with van der Waals surface area (Å²) in [6, 6.07) is 12.7. The number of rotatable bonds is 6. The molecule has 31 heavy (non-hydrogen) atoms. The summed E-state index contributed by atoms with van der Waals surface area (Å²) in [5, 5.41) is 34.4. The van der Waals surface area contributed by atoms with Crippen molar-refractivity contribution in [1.82, 2.24) is 9.88 Å². The minimum absolute atomic E-state index is 0.0900. The van der Waals surface area contributed by atoms with E-state index in [4.69, 9.17) is 0 Å². The lowest BCUT2D eigenvalue weighted by atomic mass is 10.1. The van der Waals surface area contributed by atoms with Gasteiger partial charge >= 0.3 is 0 Å². The summed E-state index contributed by atoms with van der Waals surface area (Å²) < 4.78 is 0. The number of nitrogens with zero attached hydrogens (tertiary/aromatic N) is 2. The lowest BCUT2D eigenvalue weighted by Crippen LogP contribution is -2.22. The molecule has 0 unspecified atom stereocenters. The minimum Gasteiger partial charge on any atom is -0.505 e. The van der Waals surface area contributed by atoms with Crippen molar-refractivity contribution in [2.24, 2.45) is 4.99 Å². The van der Waals surface area contributed by atoms with E-state index < -0.39 is 0 Å². The van der Waals surface area contributed by atoms with Gasteiger partial charge in [-0.2, -0.15) is 0 Å². The van der Waals surface area contributed by atoms with Crippen LogP contribution in [0.25, 0.3) is 0 Å². The molecule has 8 nitrogen and oxygen atoms in total. The van der Waals surface area contributed by atoms with Crippen molar-refractivity contribution in [1.29, 1.82) is 0 Å². The van der Waals surface area contributed by atoms with E-state index in [9.17, 15) is 20.1 Å². The maximum absolute atomic E-state index is 12.4. The maximum Gasteiger partial charge on any atom is 0.257 e. The van der Waals surface area contributed by atoms with E-state index in [2.05, 4.69) is 15.3 Å². The summed E-state index contributed by atoms with van der Waals surface area (Å²) in [4.78, 5) is 20.8. The number of carbonyl (C=O) groups is 1. The molecule has 2 aromatic carbocycles. The van der Waals surface area contributed by atoms with Gasteiger partial charge in [0.1, 0.15) is 5.69 Å². The highest BCUT2D eigenvalue weighted by Crippen LogP contribution is 2.46. The first kappa shape index (κ1) is 21.8. The Hall–Kier alpha value is -3.94. The summed E-state index contributed by atoms with van der Waals surface area (Å²) in [5.41, 5.74) is 2.76. The van der Waals surface area contributed by atoms with E-state index in [-0.39, 0.29) is 46.0 Å². The Bertz CT molecular complexity index is 1130. The standard InChI is InChI=1S/C23H26N4O4/c1-5-16(14-9-7-6-8-10-14)24-18-19(22(30)26-21(18)29)25-17-13(2)11-12-15(20(17)28)23(31)27(3)4/h6-12,25-26,28-30H,5H2,1-4H3. The summed E-state index contributed by atoms with van der Waals surface area (Å²) in [6.07, 6.45) is 0.589. The first-order chi connectivity index (χ1) is 14.7. The molecule has 162 valence electrons. The molecule has 1 amide bonds. The summed E-state index contributed by atoms with van der Waals surface area (Å²) in [7, 11) is 3.18. The number of benzene rings is 2. The van der Waals surface area contributed by atoms with Crippen LogP contribution in [0.4, 0.5) is 17.1 Å². The average Bonchev–Trinajstić information content (AvgIpc) is 3.01. The number of aromatic hydroxyl groups is 3. The van der Waals surface area contributed by atoms with Crippen LogP contribution in [-0.2, 0) is 0 Å². The second-order valence-electron chi connectivity index (χ2n) is 7.30. The monoisotopic (exact) mass is 422 g/mol. The summed E-state index contributed by atoms with van der Waals surface area (Å²) >= 11 is 0. The van der Waals surface area contributed by atoms with Crippen molar-refractivity contribution in [2.45, 2.75) is 20.3 Å². The number of H-pyrrole nitrogens is 1. The number of carbonyl (C=O) groups excluding carboxylic acids is 1. The van der Waals surface area contributed by atoms with Crippen LogP contribution in [0, 0.1) is 6.92 Å². The van der Waals surface area contributed by atoms with Crippen LogP contribution in [0.1, 0.15) is 34.8 Å². The molecule has 3 rings (SSSR count). The molecule has 0 saturated carbocycles. The summed E-state index contributed by atoms with van der Waals surface area (Å²) in [6.45, 7) is 3.69. The zero-order valence-corrected chi connectivity index (χ0v) is 17.9. The van der Waals surface area contributed by atoms with Crippen LogP contribution in [0.3, 0.4) is 0 Å². The SMILES string of the molecule is CCC(=Nc1c(O)[nH]c(O)c1Nc1c(C)ccc(C(=O)N(C)C)c1O)c1ccccc1. The number of hydrogen-bond acceptors (Lipinski definition) is 6. The fourth-order valence-electron chi connectivity index (χ4n) is 3.19. The number of aryl methyl sites for hydroxylation is 1. The number of anilines is 2. The van der Waals surface area contributed by atoms with Crippen molar-refractivity contribution in [2.75, 3.05) is 19.4 Å². The van der Waals surface area contributed by atoms with Crippen LogP contribution in [-0.4, -0.2) is 50.9 Å². The summed E-state index contributed by atoms with van der Waals surface area (Å²) in [5.74, 6) is -1.28. The van der Waals surface area contributed by atoms with Crippen LogP contribution in [0.5, 0.6) is 17.5 Å².